The number of hydrogen-bond acceptors (Lipinski definition) is 5. The smallest absolute Gasteiger partial charge is 0.333 e. The molecular formula is C20H26ClN6O2+. The Morgan fingerprint density at radius 3 is 2.52 bits per heavy atom. The van der Waals surface area contributed by atoms with Gasteiger partial charge in [-0.3, -0.25) is 19.5 Å². The molecule has 0 N–H and O–H groups in total. The Kier molecular flexibility index (Phi) is 5.31. The van der Waals surface area contributed by atoms with Crippen molar-refractivity contribution in [3.63, 3.8) is 0 Å². The normalized spacial score (nSPS) is 23.1. The highest BCUT2D eigenvalue weighted by Gasteiger charge is 2.52. The van der Waals surface area contributed by atoms with Gasteiger partial charge >= 0.3 is 11.9 Å². The largest absolute Gasteiger partial charge is 0.369 e. The summed E-state index contributed by atoms with van der Waals surface area (Å²) in [7, 11) is 3.20. The average molecular weight is 418 g/mol. The summed E-state index contributed by atoms with van der Waals surface area (Å²) >= 11 is 6.12. The first-order valence-corrected chi connectivity index (χ1v) is 10.3. The molecule has 8 nitrogen and oxygen atoms in total. The highest BCUT2D eigenvalue weighted by Crippen LogP contribution is 2.22. The van der Waals surface area contributed by atoms with Gasteiger partial charge in [0.15, 0.2) is 0 Å². The molecule has 3 aliphatic heterocycles. The molecule has 0 bridgehead atoms. The van der Waals surface area contributed by atoms with Crippen LogP contribution in [0.4, 0.5) is 10.5 Å². The topological polar surface area (TPSA) is 62.5 Å². The van der Waals surface area contributed by atoms with E-state index >= 15 is 0 Å². The number of fused-ring (bicyclic) bond motifs is 1. The van der Waals surface area contributed by atoms with Crippen molar-refractivity contribution in [2.45, 2.75) is 13.0 Å². The summed E-state index contributed by atoms with van der Waals surface area (Å²) in [6.45, 7) is 6.93. The summed E-state index contributed by atoms with van der Waals surface area (Å²) < 4.78 is 2.01. The van der Waals surface area contributed by atoms with Crippen LogP contribution in [0.1, 0.15) is 6.92 Å². The van der Waals surface area contributed by atoms with Crippen LogP contribution in [0.3, 0.4) is 0 Å². The quantitative estimate of drug-likeness (QED) is 0.690. The van der Waals surface area contributed by atoms with Gasteiger partial charge < -0.3 is 4.90 Å². The van der Waals surface area contributed by atoms with Crippen LogP contribution in [0, 0.1) is 0 Å². The summed E-state index contributed by atoms with van der Waals surface area (Å²) in [6, 6.07) is 7.09. The maximum absolute atomic E-state index is 12.7. The molecule has 1 aromatic rings. The number of anilines is 1. The number of carbonyl (C=O) groups excluding carboxylic acids is 2. The molecule has 1 unspecified atom stereocenters. The van der Waals surface area contributed by atoms with Crippen LogP contribution in [0.25, 0.3) is 0 Å². The summed E-state index contributed by atoms with van der Waals surface area (Å²) in [6.07, 6.45) is 0. The number of halogens is 1. The molecule has 2 fully saturated rings. The maximum Gasteiger partial charge on any atom is 0.333 e. The molecule has 29 heavy (non-hydrogen) atoms. The molecule has 1 atom stereocenters. The van der Waals surface area contributed by atoms with Crippen molar-refractivity contribution in [1.29, 1.82) is 0 Å². The van der Waals surface area contributed by atoms with E-state index < -0.39 is 6.04 Å². The molecule has 1 aromatic carbocycles. The molecule has 3 heterocycles. The second-order valence-electron chi connectivity index (χ2n) is 7.56. The number of rotatable bonds is 4. The monoisotopic (exact) mass is 417 g/mol. The lowest BCUT2D eigenvalue weighted by Gasteiger charge is -2.35. The van der Waals surface area contributed by atoms with Crippen LogP contribution in [0.5, 0.6) is 0 Å². The highest BCUT2D eigenvalue weighted by molar-refractivity contribution is 6.30. The summed E-state index contributed by atoms with van der Waals surface area (Å²) in [5.41, 5.74) is 1.14. The zero-order chi connectivity index (χ0) is 20.7. The minimum absolute atomic E-state index is 0.213. The molecule has 0 radical (unpaired) electrons. The number of piperazine rings is 1. The fourth-order valence-corrected chi connectivity index (χ4v) is 4.36. The number of likely N-dealkylation sites (N-methyl/N-ethyl adjacent to an activating group) is 3. The van der Waals surface area contributed by atoms with Crippen molar-refractivity contribution in [3.05, 3.63) is 29.3 Å². The van der Waals surface area contributed by atoms with Crippen LogP contribution in [0.2, 0.25) is 5.02 Å². The zero-order valence-corrected chi connectivity index (χ0v) is 17.8. The molecule has 0 aromatic heterocycles. The van der Waals surface area contributed by atoms with Crippen molar-refractivity contribution < 1.29 is 14.2 Å². The zero-order valence-electron chi connectivity index (χ0n) is 17.0. The minimum atomic E-state index is -0.504. The number of benzene rings is 1. The van der Waals surface area contributed by atoms with Crippen LogP contribution in [0.15, 0.2) is 29.3 Å². The van der Waals surface area contributed by atoms with Gasteiger partial charge in [-0.1, -0.05) is 17.7 Å². The van der Waals surface area contributed by atoms with E-state index in [0.29, 0.717) is 18.9 Å². The summed E-state index contributed by atoms with van der Waals surface area (Å²) in [5.74, 6) is 1.17. The second-order valence-corrected chi connectivity index (χ2v) is 7.99. The molecule has 3 aliphatic rings. The van der Waals surface area contributed by atoms with Gasteiger partial charge in [-0.25, -0.2) is 9.37 Å². The molecule has 0 spiro atoms. The maximum atomic E-state index is 12.7. The van der Waals surface area contributed by atoms with Gasteiger partial charge in [0.05, 0.1) is 6.54 Å². The number of nitrogens with zero attached hydrogens (tertiary/aromatic N) is 6. The van der Waals surface area contributed by atoms with Gasteiger partial charge in [-0.15, -0.1) is 0 Å². The number of amides is 3. The van der Waals surface area contributed by atoms with Gasteiger partial charge in [0.1, 0.15) is 6.54 Å². The van der Waals surface area contributed by atoms with E-state index in [4.69, 9.17) is 16.6 Å². The van der Waals surface area contributed by atoms with Crippen molar-refractivity contribution in [2.24, 2.45) is 4.99 Å². The third-order valence-corrected chi connectivity index (χ3v) is 6.10. The third-order valence-electron chi connectivity index (χ3n) is 5.86. The molecule has 0 saturated carbocycles. The van der Waals surface area contributed by atoms with E-state index in [9.17, 15) is 9.59 Å². The standard InChI is InChI=1S/C20H26ClN6O2/c1-4-27-16(22-18-17(27)19(28)24(3)20(29)23(18)2)13-25-8-10-26(11-9-25)15-7-5-6-14(21)12-15/h5-7,12,17H,4,8-11,13H2,1-3H3/q+1. The summed E-state index contributed by atoms with van der Waals surface area (Å²) in [5, 5.41) is 0.747. The Morgan fingerprint density at radius 2 is 1.86 bits per heavy atom. The molecule has 154 valence electrons. The Bertz CT molecular complexity index is 906. The molecule has 3 amide bonds. The molecular weight excluding hydrogens is 392 g/mol. The first kappa shape index (κ1) is 19.8. The lowest BCUT2D eigenvalue weighted by atomic mass is 10.1. The van der Waals surface area contributed by atoms with Crippen LogP contribution in [-0.4, -0.2) is 102 Å². The lowest BCUT2D eigenvalue weighted by molar-refractivity contribution is -0.532. The van der Waals surface area contributed by atoms with E-state index in [-0.39, 0.29) is 11.9 Å². The second kappa shape index (κ2) is 7.76. The van der Waals surface area contributed by atoms with Crippen LogP contribution in [-0.2, 0) is 4.79 Å². The fraction of sp³-hybridized carbons (Fsp3) is 0.500. The fourth-order valence-electron chi connectivity index (χ4n) is 4.18. The number of aliphatic imine (C=N–C) groups is 1. The molecule has 0 aliphatic carbocycles. The predicted octanol–water partition coefficient (Wildman–Crippen LogP) is 1.20. The molecule has 4 rings (SSSR count). The van der Waals surface area contributed by atoms with Crippen molar-refractivity contribution in [2.75, 3.05) is 58.3 Å². The number of urea groups is 1. The number of amidine groups is 2. The Morgan fingerprint density at radius 1 is 1.14 bits per heavy atom. The predicted molar refractivity (Wildman–Crippen MR) is 113 cm³/mol. The number of carbonyl (C=O) groups is 2. The van der Waals surface area contributed by atoms with Gasteiger partial charge in [0.25, 0.3) is 17.8 Å². The van der Waals surface area contributed by atoms with E-state index in [0.717, 1.165) is 42.7 Å². The first-order valence-electron chi connectivity index (χ1n) is 9.90. The summed E-state index contributed by atoms with van der Waals surface area (Å²) in [4.78, 5) is 37.0. The van der Waals surface area contributed by atoms with Gasteiger partial charge in [0, 0.05) is 51.0 Å². The van der Waals surface area contributed by atoms with Gasteiger partial charge in [-0.2, -0.15) is 0 Å². The molecule has 2 saturated heterocycles. The SMILES string of the molecule is CC[N+]1=C(CN2CCN(c3cccc(Cl)c3)CC2)N=C2C1C(=O)N(C)C(=O)N2C. The highest BCUT2D eigenvalue weighted by atomic mass is 35.5. The van der Waals surface area contributed by atoms with Gasteiger partial charge in [0.2, 0.25) is 0 Å². The van der Waals surface area contributed by atoms with E-state index in [1.54, 1.807) is 7.05 Å². The number of imide groups is 1. The molecule has 9 heteroatoms. The van der Waals surface area contributed by atoms with E-state index in [1.165, 1.54) is 16.8 Å². The Labute approximate surface area is 175 Å². The lowest BCUT2D eigenvalue weighted by Crippen LogP contribution is -2.61. The first-order chi connectivity index (χ1) is 13.9. The number of hydrogen-bond donors (Lipinski definition) is 0. The van der Waals surface area contributed by atoms with Crippen molar-refractivity contribution in [1.82, 2.24) is 14.7 Å². The average Bonchev–Trinajstić information content (AvgIpc) is 3.09. The van der Waals surface area contributed by atoms with Crippen molar-refractivity contribution in [3.8, 4) is 0 Å². The van der Waals surface area contributed by atoms with Crippen LogP contribution >= 0.6 is 11.6 Å². The van der Waals surface area contributed by atoms with E-state index in [2.05, 4.69) is 15.9 Å². The van der Waals surface area contributed by atoms with Gasteiger partial charge in [-0.05, 0) is 30.1 Å². The van der Waals surface area contributed by atoms with Crippen LogP contribution < -0.4 is 4.90 Å². The Balaban J connectivity index is 1.47. The Hall–Kier alpha value is -2.45. The minimum Gasteiger partial charge on any atom is -0.369 e. The third kappa shape index (κ3) is 3.51. The van der Waals surface area contributed by atoms with Crippen molar-refractivity contribution >= 4 is 40.9 Å². The van der Waals surface area contributed by atoms with E-state index in [1.807, 2.05) is 29.7 Å².